The molecule has 0 radical (unpaired) electrons. The number of halogens is 1. The quantitative estimate of drug-likeness (QED) is 0.711. The standard InChI is InChI=1S/C12H22N2O3.ClH/c1-9(7-17-11-4-5-16-8-11)14-12(15)6-13-10-2-3-10;/h9-11,13H,2-8H2,1H3,(H,14,15);1H. The lowest BCUT2D eigenvalue weighted by atomic mass is 10.3. The van der Waals surface area contributed by atoms with E-state index in [1.165, 1.54) is 12.8 Å². The molecular weight excluding hydrogens is 256 g/mol. The van der Waals surface area contributed by atoms with Crippen LogP contribution in [-0.2, 0) is 14.3 Å². The third-order valence-electron chi connectivity index (χ3n) is 3.01. The second-order valence-corrected chi connectivity index (χ2v) is 4.94. The van der Waals surface area contributed by atoms with Gasteiger partial charge in [-0.1, -0.05) is 0 Å². The highest BCUT2D eigenvalue weighted by Gasteiger charge is 2.22. The Hall–Kier alpha value is -0.360. The third-order valence-corrected chi connectivity index (χ3v) is 3.01. The summed E-state index contributed by atoms with van der Waals surface area (Å²) in [5, 5.41) is 6.11. The molecule has 2 N–H and O–H groups in total. The first-order chi connectivity index (χ1) is 8.24. The monoisotopic (exact) mass is 278 g/mol. The molecule has 1 saturated heterocycles. The minimum Gasteiger partial charge on any atom is -0.379 e. The van der Waals surface area contributed by atoms with Gasteiger partial charge in [-0.25, -0.2) is 0 Å². The van der Waals surface area contributed by atoms with Gasteiger partial charge in [0.05, 0.1) is 25.9 Å². The predicted octanol–water partition coefficient (Wildman–Crippen LogP) is 0.470. The summed E-state index contributed by atoms with van der Waals surface area (Å²) in [4.78, 5) is 11.5. The SMILES string of the molecule is CC(COC1CCOC1)NC(=O)CNC1CC1.Cl. The Kier molecular flexibility index (Phi) is 6.92. The molecule has 2 rings (SSSR count). The number of ether oxygens (including phenoxy) is 2. The summed E-state index contributed by atoms with van der Waals surface area (Å²) < 4.78 is 10.9. The summed E-state index contributed by atoms with van der Waals surface area (Å²) in [6.07, 6.45) is 3.57. The van der Waals surface area contributed by atoms with Crippen LogP contribution in [0.5, 0.6) is 0 Å². The van der Waals surface area contributed by atoms with Crippen molar-refractivity contribution in [2.75, 3.05) is 26.4 Å². The minimum absolute atomic E-state index is 0. The van der Waals surface area contributed by atoms with Gasteiger partial charge in [-0.05, 0) is 26.2 Å². The van der Waals surface area contributed by atoms with E-state index in [1.807, 2.05) is 6.92 Å². The van der Waals surface area contributed by atoms with Crippen molar-refractivity contribution in [1.29, 1.82) is 0 Å². The van der Waals surface area contributed by atoms with Gasteiger partial charge in [-0.15, -0.1) is 12.4 Å². The Morgan fingerprint density at radius 1 is 1.44 bits per heavy atom. The highest BCUT2D eigenvalue weighted by Crippen LogP contribution is 2.17. The number of amides is 1. The highest BCUT2D eigenvalue weighted by molar-refractivity contribution is 5.85. The highest BCUT2D eigenvalue weighted by atomic mass is 35.5. The number of rotatable bonds is 7. The van der Waals surface area contributed by atoms with Crippen LogP contribution in [0.15, 0.2) is 0 Å². The van der Waals surface area contributed by atoms with Crippen LogP contribution in [0.3, 0.4) is 0 Å². The lowest BCUT2D eigenvalue weighted by molar-refractivity contribution is -0.121. The van der Waals surface area contributed by atoms with Crippen LogP contribution in [-0.4, -0.2) is 50.5 Å². The smallest absolute Gasteiger partial charge is 0.234 e. The Morgan fingerprint density at radius 2 is 2.22 bits per heavy atom. The summed E-state index contributed by atoms with van der Waals surface area (Å²) in [6.45, 7) is 4.41. The molecule has 1 amide bonds. The van der Waals surface area contributed by atoms with Crippen molar-refractivity contribution >= 4 is 18.3 Å². The molecule has 0 aromatic carbocycles. The van der Waals surface area contributed by atoms with E-state index in [2.05, 4.69) is 10.6 Å². The number of carbonyl (C=O) groups excluding carboxylic acids is 1. The van der Waals surface area contributed by atoms with Gasteiger partial charge in [0, 0.05) is 18.7 Å². The Bertz CT molecular complexity index is 256. The average Bonchev–Trinajstić information content (AvgIpc) is 2.99. The van der Waals surface area contributed by atoms with E-state index in [4.69, 9.17) is 9.47 Å². The molecule has 5 nitrogen and oxygen atoms in total. The fraction of sp³-hybridized carbons (Fsp3) is 0.917. The molecule has 1 aliphatic heterocycles. The molecule has 2 atom stereocenters. The van der Waals surface area contributed by atoms with Crippen molar-refractivity contribution in [2.45, 2.75) is 44.4 Å². The third kappa shape index (κ3) is 6.00. The zero-order valence-corrected chi connectivity index (χ0v) is 11.6. The maximum atomic E-state index is 11.5. The normalized spacial score (nSPS) is 24.4. The van der Waals surface area contributed by atoms with E-state index >= 15 is 0 Å². The molecule has 1 aliphatic carbocycles. The first-order valence-electron chi connectivity index (χ1n) is 6.46. The maximum Gasteiger partial charge on any atom is 0.234 e. The summed E-state index contributed by atoms with van der Waals surface area (Å²) in [7, 11) is 0. The summed E-state index contributed by atoms with van der Waals surface area (Å²) in [5.74, 6) is 0.0515. The van der Waals surface area contributed by atoms with Crippen LogP contribution in [0, 0.1) is 0 Å². The van der Waals surface area contributed by atoms with Crippen molar-refractivity contribution in [3.05, 3.63) is 0 Å². The van der Waals surface area contributed by atoms with Crippen molar-refractivity contribution in [2.24, 2.45) is 0 Å². The topological polar surface area (TPSA) is 59.6 Å². The van der Waals surface area contributed by atoms with E-state index in [9.17, 15) is 4.79 Å². The molecule has 2 unspecified atom stereocenters. The van der Waals surface area contributed by atoms with Gasteiger partial charge in [-0.3, -0.25) is 4.79 Å². The average molecular weight is 279 g/mol. The Labute approximate surface area is 114 Å². The molecule has 1 heterocycles. The van der Waals surface area contributed by atoms with Crippen molar-refractivity contribution in [3.63, 3.8) is 0 Å². The van der Waals surface area contributed by atoms with Gasteiger partial charge in [-0.2, -0.15) is 0 Å². The van der Waals surface area contributed by atoms with Crippen molar-refractivity contribution < 1.29 is 14.3 Å². The van der Waals surface area contributed by atoms with E-state index in [0.29, 0.717) is 25.8 Å². The van der Waals surface area contributed by atoms with Crippen molar-refractivity contribution in [3.8, 4) is 0 Å². The second-order valence-electron chi connectivity index (χ2n) is 4.94. The fourth-order valence-electron chi connectivity index (χ4n) is 1.82. The molecule has 6 heteroatoms. The maximum absolute atomic E-state index is 11.5. The number of hydrogen-bond donors (Lipinski definition) is 2. The fourth-order valence-corrected chi connectivity index (χ4v) is 1.82. The van der Waals surface area contributed by atoms with Crippen molar-refractivity contribution in [1.82, 2.24) is 10.6 Å². The first kappa shape index (κ1) is 15.7. The Morgan fingerprint density at radius 3 is 2.83 bits per heavy atom. The van der Waals surface area contributed by atoms with Crippen LogP contribution in [0.25, 0.3) is 0 Å². The molecule has 2 fully saturated rings. The largest absolute Gasteiger partial charge is 0.379 e. The zero-order valence-electron chi connectivity index (χ0n) is 10.8. The van der Waals surface area contributed by atoms with E-state index in [0.717, 1.165) is 13.0 Å². The van der Waals surface area contributed by atoms with E-state index in [1.54, 1.807) is 0 Å². The van der Waals surface area contributed by atoms with Gasteiger partial charge >= 0.3 is 0 Å². The van der Waals surface area contributed by atoms with Crippen LogP contribution in [0.2, 0.25) is 0 Å². The molecule has 106 valence electrons. The van der Waals surface area contributed by atoms with Crippen LogP contribution < -0.4 is 10.6 Å². The molecule has 0 bridgehead atoms. The minimum atomic E-state index is 0. The number of hydrogen-bond acceptors (Lipinski definition) is 4. The summed E-state index contributed by atoms with van der Waals surface area (Å²) in [5.41, 5.74) is 0. The second kappa shape index (κ2) is 7.94. The molecule has 1 saturated carbocycles. The van der Waals surface area contributed by atoms with E-state index < -0.39 is 0 Å². The Balaban J connectivity index is 0.00000162. The van der Waals surface area contributed by atoms with Crippen LogP contribution in [0.4, 0.5) is 0 Å². The van der Waals surface area contributed by atoms with E-state index in [-0.39, 0.29) is 30.5 Å². The van der Waals surface area contributed by atoms with Crippen LogP contribution in [0.1, 0.15) is 26.2 Å². The molecule has 0 aromatic heterocycles. The molecular formula is C12H23ClN2O3. The van der Waals surface area contributed by atoms with Gasteiger partial charge in [0.2, 0.25) is 5.91 Å². The predicted molar refractivity (Wildman–Crippen MR) is 71.1 cm³/mol. The molecule has 0 aromatic rings. The summed E-state index contributed by atoms with van der Waals surface area (Å²) in [6, 6.07) is 0.632. The van der Waals surface area contributed by atoms with Crippen LogP contribution >= 0.6 is 12.4 Å². The zero-order chi connectivity index (χ0) is 12.1. The van der Waals surface area contributed by atoms with Gasteiger partial charge < -0.3 is 20.1 Å². The lowest BCUT2D eigenvalue weighted by Crippen LogP contribution is -2.42. The van der Waals surface area contributed by atoms with Gasteiger partial charge in [0.15, 0.2) is 0 Å². The van der Waals surface area contributed by atoms with Gasteiger partial charge in [0.25, 0.3) is 0 Å². The molecule has 0 spiro atoms. The number of carbonyl (C=O) groups is 1. The molecule has 18 heavy (non-hydrogen) atoms. The van der Waals surface area contributed by atoms with Gasteiger partial charge in [0.1, 0.15) is 0 Å². The number of nitrogens with one attached hydrogen (secondary N) is 2. The molecule has 2 aliphatic rings. The first-order valence-corrected chi connectivity index (χ1v) is 6.46. The lowest BCUT2D eigenvalue weighted by Gasteiger charge is -2.17. The summed E-state index contributed by atoms with van der Waals surface area (Å²) >= 11 is 0.